The highest BCUT2D eigenvalue weighted by Crippen LogP contribution is 2.33. The molecule has 0 radical (unpaired) electrons. The van der Waals surface area contributed by atoms with Crippen LogP contribution in [0, 0.1) is 17.1 Å². The first-order valence-electron chi connectivity index (χ1n) is 7.25. The van der Waals surface area contributed by atoms with Crippen LogP contribution in [0.4, 0.5) is 13.2 Å². The molecule has 0 aliphatic rings. The van der Waals surface area contributed by atoms with E-state index in [1.54, 1.807) is 19.1 Å². The van der Waals surface area contributed by atoms with Gasteiger partial charge in [0.15, 0.2) is 11.6 Å². The summed E-state index contributed by atoms with van der Waals surface area (Å²) in [6.45, 7) is 1.79. The van der Waals surface area contributed by atoms with Crippen molar-refractivity contribution >= 4 is 6.29 Å². The van der Waals surface area contributed by atoms with E-state index in [-0.39, 0.29) is 34.6 Å². The lowest BCUT2D eigenvalue weighted by Crippen LogP contribution is -2.00. The minimum atomic E-state index is -2.78. The van der Waals surface area contributed by atoms with Gasteiger partial charge in [0.05, 0.1) is 11.6 Å². The number of hydrogen-bond acceptors (Lipinski definition) is 3. The van der Waals surface area contributed by atoms with Crippen molar-refractivity contribution in [2.24, 2.45) is 0 Å². The molecule has 2 aromatic rings. The third-order valence-corrected chi connectivity index (χ3v) is 3.47. The topological polar surface area (TPSA) is 50.1 Å². The van der Waals surface area contributed by atoms with E-state index in [0.717, 1.165) is 12.1 Å². The summed E-state index contributed by atoms with van der Waals surface area (Å²) in [6, 6.07) is 8.27. The number of hydrogen-bond donors (Lipinski definition) is 0. The van der Waals surface area contributed by atoms with E-state index in [9.17, 15) is 18.0 Å². The number of ether oxygens (including phenoxy) is 1. The van der Waals surface area contributed by atoms with Crippen LogP contribution in [0.3, 0.4) is 0 Å². The number of nitriles is 1. The molecule has 0 spiro atoms. The molecule has 0 N–H and O–H groups in total. The quantitative estimate of drug-likeness (QED) is 0.718. The van der Waals surface area contributed by atoms with E-state index >= 15 is 0 Å². The number of alkyl halides is 2. The van der Waals surface area contributed by atoms with Gasteiger partial charge in [0, 0.05) is 12.0 Å². The molecular formula is C18H14F3NO2. The first kappa shape index (κ1) is 17.5. The Morgan fingerprint density at radius 3 is 2.54 bits per heavy atom. The van der Waals surface area contributed by atoms with Crippen LogP contribution in [-0.2, 0) is 17.6 Å². The fraction of sp³-hybridized carbons (Fsp3) is 0.222. The number of aldehydes is 1. The highest BCUT2D eigenvalue weighted by atomic mass is 19.3. The number of carbonyl (C=O) groups is 1. The lowest BCUT2D eigenvalue weighted by molar-refractivity contribution is -0.107. The number of nitrogens with zero attached hydrogens (tertiary/aromatic N) is 1. The molecule has 0 bridgehead atoms. The summed E-state index contributed by atoms with van der Waals surface area (Å²) in [5.74, 6) is -0.879. The summed E-state index contributed by atoms with van der Waals surface area (Å²) in [7, 11) is 0. The standard InChI is InChI=1S/C18H14F3NO2/c1-2-12-3-4-13(5-6-23)16(19)17(12)24-15-8-11(10-22)7-14(9-15)18(20)21/h3-4,6-9,18H,2,5H2,1H3. The lowest BCUT2D eigenvalue weighted by atomic mass is 10.1. The number of halogens is 3. The van der Waals surface area contributed by atoms with Crippen LogP contribution < -0.4 is 4.74 Å². The van der Waals surface area contributed by atoms with Gasteiger partial charge in [0.1, 0.15) is 12.0 Å². The van der Waals surface area contributed by atoms with Gasteiger partial charge in [-0.1, -0.05) is 19.1 Å². The van der Waals surface area contributed by atoms with Crippen LogP contribution in [-0.4, -0.2) is 6.29 Å². The summed E-state index contributed by atoms with van der Waals surface area (Å²) >= 11 is 0. The van der Waals surface area contributed by atoms with Crippen LogP contribution in [0.15, 0.2) is 30.3 Å². The molecule has 124 valence electrons. The molecular weight excluding hydrogens is 319 g/mol. The maximum absolute atomic E-state index is 14.5. The van der Waals surface area contributed by atoms with Gasteiger partial charge in [-0.15, -0.1) is 0 Å². The molecule has 0 aromatic heterocycles. The number of aryl methyl sites for hydroxylation is 1. The van der Waals surface area contributed by atoms with E-state index < -0.39 is 12.2 Å². The second kappa shape index (κ2) is 7.64. The van der Waals surface area contributed by atoms with Crippen molar-refractivity contribution in [3.05, 3.63) is 58.4 Å². The van der Waals surface area contributed by atoms with Crippen molar-refractivity contribution < 1.29 is 22.7 Å². The van der Waals surface area contributed by atoms with Gasteiger partial charge < -0.3 is 9.53 Å². The van der Waals surface area contributed by atoms with E-state index in [1.165, 1.54) is 12.1 Å². The van der Waals surface area contributed by atoms with Crippen molar-refractivity contribution in [1.29, 1.82) is 5.26 Å². The molecule has 2 aromatic carbocycles. The van der Waals surface area contributed by atoms with Crippen molar-refractivity contribution in [2.75, 3.05) is 0 Å². The van der Waals surface area contributed by atoms with Gasteiger partial charge in [0.2, 0.25) is 0 Å². The van der Waals surface area contributed by atoms with Crippen molar-refractivity contribution in [3.8, 4) is 17.6 Å². The fourth-order valence-corrected chi connectivity index (χ4v) is 2.26. The Morgan fingerprint density at radius 2 is 1.96 bits per heavy atom. The van der Waals surface area contributed by atoms with Crippen LogP contribution >= 0.6 is 0 Å². The molecule has 6 heteroatoms. The average Bonchev–Trinajstić information content (AvgIpc) is 2.58. The second-order valence-corrected chi connectivity index (χ2v) is 5.06. The van der Waals surface area contributed by atoms with Crippen molar-refractivity contribution in [3.63, 3.8) is 0 Å². The van der Waals surface area contributed by atoms with E-state index in [4.69, 9.17) is 10.00 Å². The maximum atomic E-state index is 14.5. The zero-order valence-corrected chi connectivity index (χ0v) is 12.9. The first-order valence-corrected chi connectivity index (χ1v) is 7.25. The van der Waals surface area contributed by atoms with Crippen molar-refractivity contribution in [2.45, 2.75) is 26.2 Å². The van der Waals surface area contributed by atoms with Gasteiger partial charge >= 0.3 is 0 Å². The monoisotopic (exact) mass is 333 g/mol. The van der Waals surface area contributed by atoms with Gasteiger partial charge in [-0.05, 0) is 35.7 Å². The van der Waals surface area contributed by atoms with E-state index in [1.807, 2.05) is 0 Å². The highest BCUT2D eigenvalue weighted by Gasteiger charge is 2.17. The SMILES string of the molecule is CCc1ccc(CC=O)c(F)c1Oc1cc(C#N)cc(C(F)F)c1. The predicted molar refractivity (Wildman–Crippen MR) is 81.7 cm³/mol. The minimum absolute atomic E-state index is 0.00898. The van der Waals surface area contributed by atoms with Gasteiger partial charge in [-0.3, -0.25) is 0 Å². The first-order chi connectivity index (χ1) is 11.5. The molecule has 0 aliphatic heterocycles. The van der Waals surface area contributed by atoms with E-state index in [2.05, 4.69) is 0 Å². The Labute approximate surface area is 137 Å². The molecule has 2 rings (SSSR count). The Hall–Kier alpha value is -2.81. The van der Waals surface area contributed by atoms with Gasteiger partial charge in [0.25, 0.3) is 6.43 Å². The normalized spacial score (nSPS) is 10.5. The minimum Gasteiger partial charge on any atom is -0.454 e. The Balaban J connectivity index is 2.51. The summed E-state index contributed by atoms with van der Waals surface area (Å²) in [5, 5.41) is 8.94. The smallest absolute Gasteiger partial charge is 0.264 e. The second-order valence-electron chi connectivity index (χ2n) is 5.06. The number of rotatable bonds is 6. The molecule has 0 aliphatic carbocycles. The molecule has 0 saturated heterocycles. The number of benzene rings is 2. The molecule has 0 saturated carbocycles. The summed E-state index contributed by atoms with van der Waals surface area (Å²) in [6.07, 6.45) is -1.88. The summed E-state index contributed by atoms with van der Waals surface area (Å²) in [4.78, 5) is 10.6. The van der Waals surface area contributed by atoms with Gasteiger partial charge in [-0.25, -0.2) is 13.2 Å². The molecule has 0 unspecified atom stereocenters. The van der Waals surface area contributed by atoms with Crippen LogP contribution in [0.2, 0.25) is 0 Å². The molecule has 0 amide bonds. The zero-order valence-electron chi connectivity index (χ0n) is 12.9. The molecule has 0 heterocycles. The summed E-state index contributed by atoms with van der Waals surface area (Å²) < 4.78 is 45.8. The summed E-state index contributed by atoms with van der Waals surface area (Å²) in [5.41, 5.74) is 0.294. The third kappa shape index (κ3) is 3.74. The zero-order chi connectivity index (χ0) is 17.7. The molecule has 0 fully saturated rings. The highest BCUT2D eigenvalue weighted by molar-refractivity contribution is 5.57. The molecule has 24 heavy (non-hydrogen) atoms. The predicted octanol–water partition coefficient (Wildman–Crippen LogP) is 4.73. The van der Waals surface area contributed by atoms with Crippen LogP contribution in [0.25, 0.3) is 0 Å². The Kier molecular flexibility index (Phi) is 5.59. The molecule has 0 atom stereocenters. The van der Waals surface area contributed by atoms with Gasteiger partial charge in [-0.2, -0.15) is 5.26 Å². The lowest BCUT2D eigenvalue weighted by Gasteiger charge is -2.14. The third-order valence-electron chi connectivity index (χ3n) is 3.47. The van der Waals surface area contributed by atoms with Crippen molar-refractivity contribution in [1.82, 2.24) is 0 Å². The average molecular weight is 333 g/mol. The van der Waals surface area contributed by atoms with Crippen LogP contribution in [0.5, 0.6) is 11.5 Å². The fourth-order valence-electron chi connectivity index (χ4n) is 2.26. The van der Waals surface area contributed by atoms with Crippen LogP contribution in [0.1, 0.15) is 35.6 Å². The molecule has 3 nitrogen and oxygen atoms in total. The van der Waals surface area contributed by atoms with E-state index in [0.29, 0.717) is 18.3 Å². The number of carbonyl (C=O) groups excluding carboxylic acids is 1. The Morgan fingerprint density at radius 1 is 1.25 bits per heavy atom. The Bertz CT molecular complexity index is 798. The largest absolute Gasteiger partial charge is 0.454 e. The maximum Gasteiger partial charge on any atom is 0.264 e.